The average Bonchev–Trinajstić information content (AvgIpc) is 3.30. The maximum Gasteiger partial charge on any atom is 0.255 e. The third-order valence-corrected chi connectivity index (χ3v) is 9.39. The van der Waals surface area contributed by atoms with Crippen molar-refractivity contribution in [3.63, 3.8) is 0 Å². The van der Waals surface area contributed by atoms with Crippen LogP contribution in [0.5, 0.6) is 11.5 Å². The minimum absolute atomic E-state index is 0.0246. The lowest BCUT2D eigenvalue weighted by Gasteiger charge is -2.52. The molecule has 0 saturated carbocycles. The number of benzene rings is 3. The molecule has 2 fully saturated rings. The number of likely N-dealkylation sites (tertiary alicyclic amines) is 1. The molecule has 2 saturated heterocycles. The summed E-state index contributed by atoms with van der Waals surface area (Å²) in [5, 5.41) is 24.3. The molecule has 5 rings (SSSR count). The number of phenols is 1. The molecule has 10 heteroatoms. The number of thioether (sulfide) groups is 1. The number of carbonyl (C=O) groups is 3. The van der Waals surface area contributed by atoms with Gasteiger partial charge in [0.2, 0.25) is 5.91 Å². The Kier molecular flexibility index (Phi) is 7.97. The van der Waals surface area contributed by atoms with Crippen molar-refractivity contribution in [2.75, 3.05) is 13.0 Å². The summed E-state index contributed by atoms with van der Waals surface area (Å²) in [6.45, 7) is 3.88. The summed E-state index contributed by atoms with van der Waals surface area (Å²) in [4.78, 5) is 42.8. The second-order valence-electron chi connectivity index (χ2n) is 10.4. The number of aromatic hydroxyl groups is 1. The molecule has 0 aliphatic carbocycles. The molecule has 2 heterocycles. The minimum atomic E-state index is -1.60. The first-order chi connectivity index (χ1) is 19.7. The SMILES string of the molecule is COc1ccccc1CN1C(=O)[C@H]2N(C(=O)[C@@H](O)[C@H](Cc3ccccc3)NC(=O)c3cccc(O)c3C)CSC21C. The number of methoxy groups -OCH3 is 1. The Bertz CT molecular complexity index is 1470. The number of fused-ring (bicyclic) bond motifs is 1. The van der Waals surface area contributed by atoms with E-state index in [4.69, 9.17) is 4.74 Å². The molecule has 3 amide bonds. The van der Waals surface area contributed by atoms with Crippen molar-refractivity contribution in [2.24, 2.45) is 0 Å². The maximum absolute atomic E-state index is 13.7. The van der Waals surface area contributed by atoms with Gasteiger partial charge in [-0.2, -0.15) is 0 Å². The number of nitrogens with one attached hydrogen (secondary N) is 1. The number of nitrogens with zero attached hydrogens (tertiary/aromatic N) is 2. The van der Waals surface area contributed by atoms with E-state index in [1.807, 2.05) is 61.5 Å². The third kappa shape index (κ3) is 5.25. The largest absolute Gasteiger partial charge is 0.508 e. The molecule has 3 aromatic carbocycles. The van der Waals surface area contributed by atoms with Crippen LogP contribution < -0.4 is 10.1 Å². The number of hydrogen-bond donors (Lipinski definition) is 3. The molecule has 0 radical (unpaired) electrons. The third-order valence-electron chi connectivity index (χ3n) is 7.95. The van der Waals surface area contributed by atoms with Crippen molar-refractivity contribution in [2.45, 2.75) is 49.9 Å². The topological polar surface area (TPSA) is 119 Å². The highest BCUT2D eigenvalue weighted by Gasteiger charge is 2.65. The summed E-state index contributed by atoms with van der Waals surface area (Å²) in [6.07, 6.45) is -1.41. The first kappa shape index (κ1) is 28.5. The van der Waals surface area contributed by atoms with Crippen LogP contribution in [0.15, 0.2) is 72.8 Å². The van der Waals surface area contributed by atoms with Crippen LogP contribution in [0, 0.1) is 6.92 Å². The normalized spacial score (nSPS) is 21.1. The second-order valence-corrected chi connectivity index (χ2v) is 11.8. The van der Waals surface area contributed by atoms with E-state index < -0.39 is 34.9 Å². The molecule has 2 aliphatic heterocycles. The quantitative estimate of drug-likeness (QED) is 0.336. The zero-order valence-corrected chi connectivity index (χ0v) is 23.9. The van der Waals surface area contributed by atoms with E-state index in [9.17, 15) is 24.6 Å². The lowest BCUT2D eigenvalue weighted by molar-refractivity contribution is -0.168. The fourth-order valence-electron chi connectivity index (χ4n) is 5.53. The van der Waals surface area contributed by atoms with Gasteiger partial charge in [0.25, 0.3) is 11.8 Å². The van der Waals surface area contributed by atoms with Crippen LogP contribution >= 0.6 is 11.8 Å². The van der Waals surface area contributed by atoms with Gasteiger partial charge in [0, 0.05) is 16.7 Å². The van der Waals surface area contributed by atoms with Crippen molar-refractivity contribution in [3.05, 3.63) is 95.1 Å². The standard InChI is InChI=1S/C31H33N3O6S/c1-19-22(13-9-14-24(19)35)28(37)32-23(16-20-10-5-4-6-11-20)26(36)29(38)33-18-41-31(2)27(33)30(39)34(31)17-21-12-7-8-15-25(21)40-3/h4-15,23,26-27,35-36H,16-18H2,1-3H3,(H,32,37)/t23-,26-,27+,31?/m0/s1. The number of ether oxygens (including phenoxy) is 1. The van der Waals surface area contributed by atoms with Crippen LogP contribution in [0.25, 0.3) is 0 Å². The number of phenolic OH excluding ortho intramolecular Hbond substituents is 1. The molecule has 1 unspecified atom stereocenters. The molecule has 2 aliphatic rings. The van der Waals surface area contributed by atoms with E-state index in [-0.39, 0.29) is 29.5 Å². The zero-order valence-electron chi connectivity index (χ0n) is 23.1. The van der Waals surface area contributed by atoms with Crippen LogP contribution in [0.4, 0.5) is 0 Å². The van der Waals surface area contributed by atoms with Crippen LogP contribution in [-0.2, 0) is 22.6 Å². The molecular formula is C31H33N3O6S. The van der Waals surface area contributed by atoms with E-state index >= 15 is 0 Å². The molecule has 9 nitrogen and oxygen atoms in total. The van der Waals surface area contributed by atoms with Gasteiger partial charge in [0.05, 0.1) is 25.6 Å². The van der Waals surface area contributed by atoms with E-state index in [0.29, 0.717) is 17.9 Å². The van der Waals surface area contributed by atoms with Gasteiger partial charge in [-0.05, 0) is 44.0 Å². The highest BCUT2D eigenvalue weighted by Crippen LogP contribution is 2.51. The molecule has 41 heavy (non-hydrogen) atoms. The lowest BCUT2D eigenvalue weighted by atomic mass is 9.92. The van der Waals surface area contributed by atoms with Gasteiger partial charge >= 0.3 is 0 Å². The van der Waals surface area contributed by atoms with Crippen molar-refractivity contribution < 1.29 is 29.3 Å². The molecular weight excluding hydrogens is 542 g/mol. The fraction of sp³-hybridized carbons (Fsp3) is 0.323. The summed E-state index contributed by atoms with van der Waals surface area (Å²) in [7, 11) is 1.58. The number of rotatable bonds is 9. The number of amides is 3. The smallest absolute Gasteiger partial charge is 0.255 e. The molecule has 0 bridgehead atoms. The Balaban J connectivity index is 1.35. The summed E-state index contributed by atoms with van der Waals surface area (Å²) in [5.41, 5.74) is 2.32. The number of β-lactam (4-membered cyclic amide) rings is 1. The van der Waals surface area contributed by atoms with Crippen LogP contribution in [0.3, 0.4) is 0 Å². The molecule has 0 spiro atoms. The van der Waals surface area contributed by atoms with Gasteiger partial charge < -0.3 is 30.1 Å². The van der Waals surface area contributed by atoms with Crippen LogP contribution in [0.1, 0.15) is 34.0 Å². The number of aliphatic hydroxyl groups excluding tert-OH is 1. The van der Waals surface area contributed by atoms with E-state index in [2.05, 4.69) is 5.32 Å². The Morgan fingerprint density at radius 3 is 2.54 bits per heavy atom. The lowest BCUT2D eigenvalue weighted by Crippen LogP contribution is -2.73. The Labute approximate surface area is 243 Å². The van der Waals surface area contributed by atoms with Gasteiger partial charge in [-0.1, -0.05) is 54.6 Å². The average molecular weight is 576 g/mol. The maximum atomic E-state index is 13.7. The first-order valence-corrected chi connectivity index (χ1v) is 14.3. The van der Waals surface area contributed by atoms with Gasteiger partial charge in [0.15, 0.2) is 6.10 Å². The molecule has 214 valence electrons. The Hall–Kier alpha value is -4.02. The Morgan fingerprint density at radius 1 is 1.10 bits per heavy atom. The summed E-state index contributed by atoms with van der Waals surface area (Å²) < 4.78 is 5.45. The fourth-order valence-corrected chi connectivity index (χ4v) is 6.90. The number of hydrogen-bond acceptors (Lipinski definition) is 7. The van der Waals surface area contributed by atoms with Gasteiger partial charge in [-0.15, -0.1) is 11.8 Å². The predicted molar refractivity (Wildman–Crippen MR) is 155 cm³/mol. The zero-order chi connectivity index (χ0) is 29.3. The molecule has 3 aromatic rings. The van der Waals surface area contributed by atoms with Crippen molar-refractivity contribution >= 4 is 29.5 Å². The summed E-state index contributed by atoms with van der Waals surface area (Å²) in [6, 6.07) is 19.6. The van der Waals surface area contributed by atoms with Gasteiger partial charge in [-0.3, -0.25) is 14.4 Å². The summed E-state index contributed by atoms with van der Waals surface area (Å²) >= 11 is 1.47. The van der Waals surface area contributed by atoms with Crippen molar-refractivity contribution in [1.29, 1.82) is 0 Å². The molecule has 4 atom stereocenters. The molecule has 0 aromatic heterocycles. The summed E-state index contributed by atoms with van der Waals surface area (Å²) in [5.74, 6) is -0.463. The highest BCUT2D eigenvalue weighted by molar-refractivity contribution is 8.01. The van der Waals surface area contributed by atoms with Crippen LogP contribution in [0.2, 0.25) is 0 Å². The number of carbonyl (C=O) groups excluding carboxylic acids is 3. The van der Waals surface area contributed by atoms with E-state index in [0.717, 1.165) is 11.1 Å². The Morgan fingerprint density at radius 2 is 1.80 bits per heavy atom. The van der Waals surface area contributed by atoms with Crippen molar-refractivity contribution in [1.82, 2.24) is 15.1 Å². The highest BCUT2D eigenvalue weighted by atomic mass is 32.2. The number of para-hydroxylation sites is 1. The molecule has 3 N–H and O–H groups in total. The monoisotopic (exact) mass is 575 g/mol. The predicted octanol–water partition coefficient (Wildman–Crippen LogP) is 3.07. The minimum Gasteiger partial charge on any atom is -0.508 e. The van der Waals surface area contributed by atoms with Gasteiger partial charge in [0.1, 0.15) is 22.4 Å². The van der Waals surface area contributed by atoms with E-state index in [1.165, 1.54) is 22.7 Å². The van der Waals surface area contributed by atoms with Crippen molar-refractivity contribution in [3.8, 4) is 11.5 Å². The van der Waals surface area contributed by atoms with E-state index in [1.54, 1.807) is 31.1 Å². The number of aliphatic hydroxyl groups is 1. The first-order valence-electron chi connectivity index (χ1n) is 13.3. The second kappa shape index (κ2) is 11.5. The van der Waals surface area contributed by atoms with Crippen LogP contribution in [-0.4, -0.2) is 73.8 Å². The van der Waals surface area contributed by atoms with Gasteiger partial charge in [-0.25, -0.2) is 0 Å².